The van der Waals surface area contributed by atoms with Crippen LogP contribution in [0.25, 0.3) is 0 Å². The van der Waals surface area contributed by atoms with Crippen LogP contribution in [0.4, 0.5) is 0 Å². The van der Waals surface area contributed by atoms with Gasteiger partial charge in [-0.25, -0.2) is 4.79 Å². The topological polar surface area (TPSA) is 63.6 Å². The molecule has 0 heterocycles. The Kier molecular flexibility index (Phi) is 18.6. The molecule has 1 aromatic rings. The highest BCUT2D eigenvalue weighted by atomic mass is 32.2. The maximum absolute atomic E-state index is 12.5. The predicted octanol–water partition coefficient (Wildman–Crippen LogP) is 8.72. The minimum Gasteiger partial charge on any atom is -0.478 e. The summed E-state index contributed by atoms with van der Waals surface area (Å²) >= 11 is 1.58. The van der Waals surface area contributed by atoms with Crippen molar-refractivity contribution in [3.05, 3.63) is 90.6 Å². The zero-order valence-electron chi connectivity index (χ0n) is 21.8. The minimum atomic E-state index is -1.10. The van der Waals surface area contributed by atoms with Gasteiger partial charge >= 0.3 is 11.9 Å². The number of aromatic carboxylic acids is 1. The molecule has 4 nitrogen and oxygen atoms in total. The lowest BCUT2D eigenvalue weighted by molar-refractivity contribution is -0.133. The van der Waals surface area contributed by atoms with Crippen molar-refractivity contribution in [3.8, 4) is 5.75 Å². The van der Waals surface area contributed by atoms with E-state index in [1.165, 1.54) is 12.1 Å². The summed E-state index contributed by atoms with van der Waals surface area (Å²) in [6, 6.07) is 6.24. The Labute approximate surface area is 221 Å². The van der Waals surface area contributed by atoms with Gasteiger partial charge in [-0.05, 0) is 75.7 Å². The van der Waals surface area contributed by atoms with Crippen LogP contribution in [0.2, 0.25) is 0 Å². The predicted molar refractivity (Wildman–Crippen MR) is 154 cm³/mol. The van der Waals surface area contributed by atoms with E-state index in [0.717, 1.165) is 57.1 Å². The first-order chi connectivity index (χ1) is 17.6. The second-order valence-corrected chi connectivity index (χ2v) is 9.50. The lowest BCUT2D eigenvalue weighted by atomic mass is 10.2. The molecule has 0 saturated heterocycles. The molecule has 1 atom stereocenters. The molecule has 0 fully saturated rings. The first-order valence-electron chi connectivity index (χ1n) is 13.0. The number of carboxylic acids is 1. The van der Waals surface area contributed by atoms with Crippen molar-refractivity contribution in [2.24, 2.45) is 0 Å². The van der Waals surface area contributed by atoms with Crippen LogP contribution in [0.15, 0.2) is 85.0 Å². The molecule has 1 rings (SSSR count). The molecule has 0 aliphatic heterocycles. The number of carboxylic acid groups (broad SMARTS) is 1. The molecule has 196 valence electrons. The van der Waals surface area contributed by atoms with Gasteiger partial charge in [0.1, 0.15) is 16.6 Å². The van der Waals surface area contributed by atoms with Crippen molar-refractivity contribution in [2.75, 3.05) is 5.75 Å². The zero-order chi connectivity index (χ0) is 26.3. The molecule has 0 bridgehead atoms. The summed E-state index contributed by atoms with van der Waals surface area (Å²) in [4.78, 5) is 23.8. The van der Waals surface area contributed by atoms with E-state index < -0.39 is 5.97 Å². The molecule has 5 heteroatoms. The second kappa shape index (κ2) is 21.5. The fourth-order valence-corrected chi connectivity index (χ4v) is 4.29. The Morgan fingerprint density at radius 1 is 0.833 bits per heavy atom. The molecule has 0 aromatic heterocycles. The summed E-state index contributed by atoms with van der Waals surface area (Å²) < 4.78 is 5.38. The van der Waals surface area contributed by atoms with Crippen molar-refractivity contribution in [1.29, 1.82) is 0 Å². The molecule has 0 aliphatic rings. The molecule has 36 heavy (non-hydrogen) atoms. The number of unbranched alkanes of at least 4 members (excludes halogenated alkanes) is 2. The fraction of sp³-hybridized carbons (Fsp3) is 0.419. The molecule has 0 aliphatic carbocycles. The van der Waals surface area contributed by atoms with Crippen LogP contribution < -0.4 is 4.74 Å². The van der Waals surface area contributed by atoms with Gasteiger partial charge in [-0.1, -0.05) is 86.7 Å². The maximum Gasteiger partial charge on any atom is 0.339 e. The van der Waals surface area contributed by atoms with E-state index in [2.05, 4.69) is 67.7 Å². The number of benzene rings is 1. The SMILES string of the molecule is CC/C=C\C/C=C\C/C=C\C/C=C\C/C=C\CCCCS[C@H](CC)C(=O)Oc1ccccc1C(=O)O. The second-order valence-electron chi connectivity index (χ2n) is 8.19. The van der Waals surface area contributed by atoms with Crippen molar-refractivity contribution < 1.29 is 19.4 Å². The molecule has 0 unspecified atom stereocenters. The number of hydrogen-bond acceptors (Lipinski definition) is 4. The smallest absolute Gasteiger partial charge is 0.339 e. The van der Waals surface area contributed by atoms with Crippen LogP contribution in [-0.4, -0.2) is 28.0 Å². The zero-order valence-corrected chi connectivity index (χ0v) is 22.6. The van der Waals surface area contributed by atoms with Gasteiger partial charge in [-0.15, -0.1) is 11.8 Å². The number of thioether (sulfide) groups is 1. The number of carbonyl (C=O) groups excluding carboxylic acids is 1. The van der Waals surface area contributed by atoms with E-state index in [9.17, 15) is 14.7 Å². The largest absolute Gasteiger partial charge is 0.478 e. The van der Waals surface area contributed by atoms with Gasteiger partial charge in [0.2, 0.25) is 0 Å². The standard InChI is InChI=1S/C31H42O4S/c1-3-5-6-7-8-9-10-11-12-13-14-15-16-17-18-19-20-23-26-36-29(4-2)31(34)35-28-25-22-21-24-27(28)30(32)33/h5-6,8-9,11-12,14-15,17-18,21-22,24-25,29H,3-4,7,10,13,16,19-20,23,26H2,1-2H3,(H,32,33)/b6-5-,9-8-,12-11-,15-14-,18-17-/t29-/m1/s1. The third-order valence-electron chi connectivity index (χ3n) is 5.20. The Bertz CT molecular complexity index is 896. The maximum atomic E-state index is 12.5. The van der Waals surface area contributed by atoms with Gasteiger partial charge in [0.05, 0.1) is 0 Å². The first-order valence-corrected chi connectivity index (χ1v) is 14.1. The quantitative estimate of drug-likeness (QED) is 0.0872. The average Bonchev–Trinajstić information content (AvgIpc) is 2.87. The molecule has 0 radical (unpaired) electrons. The highest BCUT2D eigenvalue weighted by Crippen LogP contribution is 2.23. The lowest BCUT2D eigenvalue weighted by Crippen LogP contribution is -2.23. The molecular weight excluding hydrogens is 468 g/mol. The first kappa shape index (κ1) is 31.2. The van der Waals surface area contributed by atoms with E-state index in [4.69, 9.17) is 4.74 Å². The molecular formula is C31H42O4S. The van der Waals surface area contributed by atoms with Crippen molar-refractivity contribution >= 4 is 23.7 Å². The summed E-state index contributed by atoms with van der Waals surface area (Å²) in [5.74, 6) is -0.505. The normalized spacial score (nSPS) is 13.1. The summed E-state index contributed by atoms with van der Waals surface area (Å²) in [5.41, 5.74) is 0.00256. The number of rotatable bonds is 19. The van der Waals surface area contributed by atoms with Gasteiger partial charge in [-0.3, -0.25) is 4.79 Å². The molecule has 0 amide bonds. The van der Waals surface area contributed by atoms with Gasteiger partial charge in [0.15, 0.2) is 0 Å². The Morgan fingerprint density at radius 3 is 1.94 bits per heavy atom. The Hall–Kier alpha value is -2.79. The number of carbonyl (C=O) groups is 2. The number of allylic oxidation sites excluding steroid dienone is 10. The fourth-order valence-electron chi connectivity index (χ4n) is 3.22. The minimum absolute atomic E-state index is 0.00256. The summed E-state index contributed by atoms with van der Waals surface area (Å²) in [6.45, 7) is 4.09. The summed E-state index contributed by atoms with van der Waals surface area (Å²) in [7, 11) is 0. The third kappa shape index (κ3) is 15.3. The highest BCUT2D eigenvalue weighted by molar-refractivity contribution is 8.00. The number of esters is 1. The van der Waals surface area contributed by atoms with Crippen LogP contribution in [0.1, 0.15) is 82.0 Å². The van der Waals surface area contributed by atoms with Crippen LogP contribution in [0.3, 0.4) is 0 Å². The van der Waals surface area contributed by atoms with Gasteiger partial charge in [-0.2, -0.15) is 0 Å². The summed E-state index contributed by atoms with van der Waals surface area (Å²) in [6.07, 6.45) is 30.8. The van der Waals surface area contributed by atoms with Crippen molar-refractivity contribution in [1.82, 2.24) is 0 Å². The van der Waals surface area contributed by atoms with Crippen LogP contribution in [0.5, 0.6) is 5.75 Å². The van der Waals surface area contributed by atoms with Gasteiger partial charge in [0, 0.05) is 0 Å². The number of para-hydroxylation sites is 1. The van der Waals surface area contributed by atoms with E-state index in [0.29, 0.717) is 6.42 Å². The highest BCUT2D eigenvalue weighted by Gasteiger charge is 2.21. The van der Waals surface area contributed by atoms with Gasteiger partial charge < -0.3 is 9.84 Å². The monoisotopic (exact) mass is 510 g/mol. The lowest BCUT2D eigenvalue weighted by Gasteiger charge is -2.14. The van der Waals surface area contributed by atoms with Crippen LogP contribution >= 0.6 is 11.8 Å². The third-order valence-corrected chi connectivity index (χ3v) is 6.66. The van der Waals surface area contributed by atoms with Crippen molar-refractivity contribution in [2.45, 2.75) is 76.9 Å². The molecule has 1 aromatic carbocycles. The Morgan fingerprint density at radius 2 is 1.39 bits per heavy atom. The van der Waals surface area contributed by atoms with E-state index in [1.54, 1.807) is 23.9 Å². The average molecular weight is 511 g/mol. The summed E-state index contributed by atoms with van der Waals surface area (Å²) in [5, 5.41) is 8.95. The van der Waals surface area contributed by atoms with E-state index in [1.807, 2.05) is 6.92 Å². The molecule has 0 spiro atoms. The van der Waals surface area contributed by atoms with Crippen molar-refractivity contribution in [3.63, 3.8) is 0 Å². The number of ether oxygens (including phenoxy) is 1. The number of hydrogen-bond donors (Lipinski definition) is 1. The Balaban J connectivity index is 2.13. The van der Waals surface area contributed by atoms with E-state index in [-0.39, 0.29) is 22.5 Å². The molecule has 0 saturated carbocycles. The van der Waals surface area contributed by atoms with Crippen LogP contribution in [0, 0.1) is 0 Å². The van der Waals surface area contributed by atoms with Gasteiger partial charge in [0.25, 0.3) is 0 Å². The van der Waals surface area contributed by atoms with E-state index >= 15 is 0 Å². The van der Waals surface area contributed by atoms with Crippen LogP contribution in [-0.2, 0) is 4.79 Å². The molecule has 1 N–H and O–H groups in total.